The SMILES string of the molecule is CCOc1ccc2nc(SCC(=O)[C@@]34OC(C)(C)O[C@@H]3CC3C5CCC6=CC(=O)C=CC6(C)C5C(O)CC34C)[nH]c2c1. The van der Waals surface area contributed by atoms with Gasteiger partial charge in [-0.1, -0.05) is 37.3 Å². The number of ketones is 2. The number of carbonyl (C=O) groups is 2. The first-order valence-electron chi connectivity index (χ1n) is 15.2. The number of imidazole rings is 1. The van der Waals surface area contributed by atoms with E-state index in [0.717, 1.165) is 35.2 Å². The van der Waals surface area contributed by atoms with Gasteiger partial charge in [-0.3, -0.25) is 9.59 Å². The maximum atomic E-state index is 14.5. The van der Waals surface area contributed by atoms with Crippen molar-refractivity contribution in [1.29, 1.82) is 0 Å². The summed E-state index contributed by atoms with van der Waals surface area (Å²) in [6.45, 7) is 10.6. The summed E-state index contributed by atoms with van der Waals surface area (Å²) in [7, 11) is 0. The van der Waals surface area contributed by atoms with Gasteiger partial charge in [-0.05, 0) is 82.6 Å². The van der Waals surface area contributed by atoms with Crippen LogP contribution in [-0.4, -0.2) is 62.6 Å². The Morgan fingerprint density at radius 3 is 2.86 bits per heavy atom. The molecule has 42 heavy (non-hydrogen) atoms. The number of aliphatic hydroxyl groups is 1. The number of Topliss-reactive ketones (excluding diaryl/α,β-unsaturated/α-hetero) is 1. The number of benzene rings is 1. The molecule has 8 atom stereocenters. The Morgan fingerprint density at radius 1 is 1.26 bits per heavy atom. The largest absolute Gasteiger partial charge is 0.494 e. The average Bonchev–Trinajstić information content (AvgIpc) is 3.53. The lowest BCUT2D eigenvalue weighted by molar-refractivity contribution is -0.223. The van der Waals surface area contributed by atoms with Gasteiger partial charge in [0.1, 0.15) is 5.75 Å². The maximum Gasteiger partial charge on any atom is 0.178 e. The number of hydrogen-bond acceptors (Lipinski definition) is 8. The number of aliphatic hydroxyl groups excluding tert-OH is 1. The van der Waals surface area contributed by atoms with E-state index in [-0.39, 0.29) is 46.6 Å². The second-order valence-corrected chi connectivity index (χ2v) is 14.6. The molecule has 2 aromatic rings. The van der Waals surface area contributed by atoms with Gasteiger partial charge in [0.05, 0.1) is 35.6 Å². The molecule has 0 radical (unpaired) electrons. The molecule has 0 amide bonds. The van der Waals surface area contributed by atoms with Gasteiger partial charge < -0.3 is 24.3 Å². The van der Waals surface area contributed by atoms with Crippen LogP contribution >= 0.6 is 11.8 Å². The van der Waals surface area contributed by atoms with Gasteiger partial charge >= 0.3 is 0 Å². The van der Waals surface area contributed by atoms with Crippen LogP contribution in [0.15, 0.2) is 47.2 Å². The zero-order chi connectivity index (χ0) is 29.7. The molecule has 4 aliphatic carbocycles. The van der Waals surface area contributed by atoms with E-state index in [1.165, 1.54) is 11.8 Å². The Labute approximate surface area is 250 Å². The third kappa shape index (κ3) is 3.96. The van der Waals surface area contributed by atoms with E-state index < -0.39 is 22.9 Å². The number of thioether (sulfide) groups is 1. The Hall–Kier alpha value is -2.46. The molecule has 8 nitrogen and oxygen atoms in total. The van der Waals surface area contributed by atoms with Crippen molar-refractivity contribution in [3.8, 4) is 5.75 Å². The molecule has 2 N–H and O–H groups in total. The van der Waals surface area contributed by atoms with E-state index in [0.29, 0.717) is 24.6 Å². The molecule has 224 valence electrons. The van der Waals surface area contributed by atoms with Gasteiger partial charge in [0.2, 0.25) is 0 Å². The zero-order valence-corrected chi connectivity index (χ0v) is 25.8. The lowest BCUT2D eigenvalue weighted by atomic mass is 9.46. The number of hydrogen-bond donors (Lipinski definition) is 2. The smallest absolute Gasteiger partial charge is 0.178 e. The highest BCUT2D eigenvalue weighted by Gasteiger charge is 2.76. The fourth-order valence-corrected chi connectivity index (χ4v) is 10.3. The third-order valence-electron chi connectivity index (χ3n) is 11.0. The van der Waals surface area contributed by atoms with Crippen LogP contribution in [0.2, 0.25) is 0 Å². The Balaban J connectivity index is 1.19. The van der Waals surface area contributed by atoms with Gasteiger partial charge in [-0.2, -0.15) is 0 Å². The van der Waals surface area contributed by atoms with E-state index >= 15 is 0 Å². The standard InChI is InChI=1S/C33H40N2O6S/c1-6-39-20-8-10-23-24(14-20)35-29(34-23)42-17-26(38)33-27(40-30(2,3)41-33)15-22-21-9-7-18-13-19(36)11-12-31(18,4)28(21)25(37)16-32(22,33)5/h8,10-14,21-22,25,27-28,37H,6-7,9,15-17H2,1-5H3,(H,34,35)/t21?,22?,25?,27-,28?,31?,32?,33-/m1/s1. The van der Waals surface area contributed by atoms with Crippen molar-refractivity contribution in [3.63, 3.8) is 0 Å². The van der Waals surface area contributed by atoms with Crippen molar-refractivity contribution in [2.45, 2.75) is 89.1 Å². The van der Waals surface area contributed by atoms with Crippen LogP contribution in [0.5, 0.6) is 5.75 Å². The Kier molecular flexibility index (Phi) is 6.42. The van der Waals surface area contributed by atoms with Gasteiger partial charge in [0.15, 0.2) is 28.1 Å². The van der Waals surface area contributed by atoms with Crippen molar-refractivity contribution in [3.05, 3.63) is 42.0 Å². The molecule has 0 bridgehead atoms. The number of nitrogens with one attached hydrogen (secondary N) is 1. The van der Waals surface area contributed by atoms with E-state index in [1.54, 1.807) is 12.2 Å². The van der Waals surface area contributed by atoms with Crippen molar-refractivity contribution in [1.82, 2.24) is 9.97 Å². The quantitative estimate of drug-likeness (QED) is 0.429. The Morgan fingerprint density at radius 2 is 2.07 bits per heavy atom. The topological polar surface area (TPSA) is 111 Å². The molecule has 4 fully saturated rings. The molecule has 1 aliphatic heterocycles. The molecule has 2 heterocycles. The first kappa shape index (κ1) is 28.3. The summed E-state index contributed by atoms with van der Waals surface area (Å²) in [5.74, 6) is 0.366. The lowest BCUT2D eigenvalue weighted by Gasteiger charge is -2.60. The first-order chi connectivity index (χ1) is 19.9. The minimum absolute atomic E-state index is 0.0139. The molecule has 1 saturated heterocycles. The predicted octanol–water partition coefficient (Wildman–Crippen LogP) is 5.40. The molecular weight excluding hydrogens is 552 g/mol. The van der Waals surface area contributed by atoms with Crippen molar-refractivity contribution in [2.75, 3.05) is 12.4 Å². The molecule has 9 heteroatoms. The zero-order valence-electron chi connectivity index (χ0n) is 24.9. The lowest BCUT2D eigenvalue weighted by Crippen LogP contribution is -2.63. The van der Waals surface area contributed by atoms with Crippen LogP contribution in [0.25, 0.3) is 11.0 Å². The van der Waals surface area contributed by atoms with E-state index in [1.807, 2.05) is 45.0 Å². The molecule has 1 aromatic heterocycles. The maximum absolute atomic E-state index is 14.5. The number of fused-ring (bicyclic) bond motifs is 8. The molecular formula is C33H40N2O6S. The van der Waals surface area contributed by atoms with E-state index in [2.05, 4.69) is 18.8 Å². The second kappa shape index (κ2) is 9.52. The number of allylic oxidation sites excluding steroid dienone is 4. The van der Waals surface area contributed by atoms with Crippen molar-refractivity contribution < 1.29 is 28.9 Å². The highest BCUT2D eigenvalue weighted by Crippen LogP contribution is 2.70. The van der Waals surface area contributed by atoms with Crippen LogP contribution in [-0.2, 0) is 19.1 Å². The van der Waals surface area contributed by atoms with Crippen molar-refractivity contribution in [2.24, 2.45) is 28.6 Å². The number of H-pyrrole nitrogens is 1. The van der Waals surface area contributed by atoms with Crippen LogP contribution in [0.3, 0.4) is 0 Å². The monoisotopic (exact) mass is 592 g/mol. The number of nitrogens with zero attached hydrogens (tertiary/aromatic N) is 1. The summed E-state index contributed by atoms with van der Waals surface area (Å²) < 4.78 is 18.9. The molecule has 1 aromatic carbocycles. The number of rotatable bonds is 6. The second-order valence-electron chi connectivity index (χ2n) is 13.7. The fraction of sp³-hybridized carbons (Fsp3) is 0.606. The van der Waals surface area contributed by atoms with Gasteiger partial charge in [0, 0.05) is 22.8 Å². The number of ether oxygens (including phenoxy) is 3. The average molecular weight is 593 g/mol. The van der Waals surface area contributed by atoms with Crippen LogP contribution in [0.1, 0.15) is 60.3 Å². The third-order valence-corrected chi connectivity index (χ3v) is 11.9. The highest BCUT2D eigenvalue weighted by molar-refractivity contribution is 7.99. The first-order valence-corrected chi connectivity index (χ1v) is 16.2. The summed E-state index contributed by atoms with van der Waals surface area (Å²) in [5, 5.41) is 12.6. The predicted molar refractivity (Wildman–Crippen MR) is 159 cm³/mol. The summed E-state index contributed by atoms with van der Waals surface area (Å²) in [6, 6.07) is 5.74. The highest BCUT2D eigenvalue weighted by atomic mass is 32.2. The van der Waals surface area contributed by atoms with Crippen LogP contribution < -0.4 is 4.74 Å². The van der Waals surface area contributed by atoms with Gasteiger partial charge in [-0.25, -0.2) is 4.98 Å². The Bertz CT molecular complexity index is 1530. The molecule has 0 spiro atoms. The summed E-state index contributed by atoms with van der Waals surface area (Å²) in [4.78, 5) is 34.7. The molecule has 6 unspecified atom stereocenters. The number of aromatic nitrogens is 2. The number of aromatic amines is 1. The van der Waals surface area contributed by atoms with Crippen LogP contribution in [0, 0.1) is 28.6 Å². The molecule has 3 saturated carbocycles. The number of carbonyl (C=O) groups excluding carboxylic acids is 2. The summed E-state index contributed by atoms with van der Waals surface area (Å²) in [5.41, 5.74) is 0.664. The minimum Gasteiger partial charge on any atom is -0.494 e. The molecule has 5 aliphatic rings. The normalized spacial score (nSPS) is 39.8. The van der Waals surface area contributed by atoms with E-state index in [4.69, 9.17) is 19.2 Å². The van der Waals surface area contributed by atoms with Crippen molar-refractivity contribution >= 4 is 34.4 Å². The molecule has 7 rings (SSSR count). The van der Waals surface area contributed by atoms with Crippen LogP contribution in [0.4, 0.5) is 0 Å². The van der Waals surface area contributed by atoms with E-state index in [9.17, 15) is 14.7 Å². The summed E-state index contributed by atoms with van der Waals surface area (Å²) in [6.07, 6.45) is 7.27. The minimum atomic E-state index is -1.16. The van der Waals surface area contributed by atoms with Gasteiger partial charge in [0.25, 0.3) is 0 Å². The fourth-order valence-electron chi connectivity index (χ4n) is 9.45. The summed E-state index contributed by atoms with van der Waals surface area (Å²) >= 11 is 1.38. The van der Waals surface area contributed by atoms with Gasteiger partial charge in [-0.15, -0.1) is 0 Å².